The Hall–Kier alpha value is -0.337. The quantitative estimate of drug-likeness (QED) is 0.510. The van der Waals surface area contributed by atoms with Gasteiger partial charge in [0.25, 0.3) is 0 Å². The maximum Gasteiger partial charge on any atom is 0.163 e. The Kier molecular flexibility index (Phi) is 2.69. The van der Waals surface area contributed by atoms with Crippen LogP contribution in [0.5, 0.6) is 0 Å². The molecule has 0 atom stereocenters. The van der Waals surface area contributed by atoms with Gasteiger partial charge in [0, 0.05) is 19.5 Å². The van der Waals surface area contributed by atoms with Crippen molar-refractivity contribution in [2.45, 2.75) is 5.16 Å². The van der Waals surface area contributed by atoms with Crippen LogP contribution in [-0.2, 0) is 19.5 Å². The van der Waals surface area contributed by atoms with Crippen molar-refractivity contribution in [1.29, 1.82) is 0 Å². The van der Waals surface area contributed by atoms with Crippen molar-refractivity contribution >= 4 is 23.7 Å². The number of nitrogens with zero attached hydrogens (tertiary/aromatic N) is 1. The van der Waals surface area contributed by atoms with E-state index in [9.17, 15) is 0 Å². The number of aromatic amines is 1. The molecular formula is C7H6N2SZn. The summed E-state index contributed by atoms with van der Waals surface area (Å²) in [6.45, 7) is 0. The van der Waals surface area contributed by atoms with Gasteiger partial charge in [-0.1, -0.05) is 12.1 Å². The summed E-state index contributed by atoms with van der Waals surface area (Å²) < 4.78 is 0. The molecule has 52 valence electrons. The maximum absolute atomic E-state index is 4.12. The van der Waals surface area contributed by atoms with Crippen LogP contribution in [0.15, 0.2) is 29.4 Å². The molecule has 0 bridgehead atoms. The Bertz CT molecular complexity index is 325. The molecule has 2 nitrogen and oxygen atoms in total. The Morgan fingerprint density at radius 2 is 2.00 bits per heavy atom. The van der Waals surface area contributed by atoms with Crippen molar-refractivity contribution in [3.05, 3.63) is 24.3 Å². The van der Waals surface area contributed by atoms with Crippen LogP contribution in [0, 0.1) is 0 Å². The van der Waals surface area contributed by atoms with Crippen molar-refractivity contribution in [3.8, 4) is 0 Å². The molecule has 1 aromatic heterocycles. The molecule has 0 fully saturated rings. The molecule has 0 aliphatic rings. The monoisotopic (exact) mass is 214 g/mol. The summed E-state index contributed by atoms with van der Waals surface area (Å²) in [5, 5.41) is 0.668. The molecule has 0 saturated carbocycles. The number of H-pyrrole nitrogens is 1. The van der Waals surface area contributed by atoms with Crippen LogP contribution in [0.25, 0.3) is 11.0 Å². The Morgan fingerprint density at radius 3 is 2.73 bits per heavy atom. The number of hydrogen-bond donors (Lipinski definition) is 2. The zero-order chi connectivity index (χ0) is 6.97. The van der Waals surface area contributed by atoms with Gasteiger partial charge < -0.3 is 4.98 Å². The number of thiol groups is 1. The molecule has 2 aromatic rings. The third kappa shape index (κ3) is 1.63. The topological polar surface area (TPSA) is 28.7 Å². The molecule has 1 N–H and O–H groups in total. The molecule has 2 rings (SSSR count). The Labute approximate surface area is 82.6 Å². The van der Waals surface area contributed by atoms with Crippen molar-refractivity contribution in [2.75, 3.05) is 0 Å². The van der Waals surface area contributed by atoms with Crippen LogP contribution < -0.4 is 0 Å². The SMILES string of the molecule is Sc1nc2ccccc2[nH]1.[Zn]. The first-order valence-electron chi connectivity index (χ1n) is 3.00. The summed E-state index contributed by atoms with van der Waals surface area (Å²) in [6, 6.07) is 7.84. The molecule has 0 saturated heterocycles. The van der Waals surface area contributed by atoms with E-state index in [-0.39, 0.29) is 19.5 Å². The molecular weight excluding hydrogens is 210 g/mol. The molecule has 0 aliphatic carbocycles. The summed E-state index contributed by atoms with van der Waals surface area (Å²) >= 11 is 4.08. The van der Waals surface area contributed by atoms with Crippen molar-refractivity contribution in [2.24, 2.45) is 0 Å². The first kappa shape index (κ1) is 8.76. The number of imidazole rings is 1. The Balaban J connectivity index is 0.000000605. The van der Waals surface area contributed by atoms with Gasteiger partial charge in [-0.3, -0.25) is 0 Å². The first-order chi connectivity index (χ1) is 4.86. The van der Waals surface area contributed by atoms with Gasteiger partial charge in [0.2, 0.25) is 0 Å². The second-order valence-electron chi connectivity index (χ2n) is 2.08. The third-order valence-corrected chi connectivity index (χ3v) is 1.59. The summed E-state index contributed by atoms with van der Waals surface area (Å²) in [7, 11) is 0. The van der Waals surface area contributed by atoms with Gasteiger partial charge in [-0.2, -0.15) is 0 Å². The minimum atomic E-state index is 0. The maximum atomic E-state index is 4.12. The van der Waals surface area contributed by atoms with Crippen LogP contribution >= 0.6 is 12.6 Å². The predicted molar refractivity (Wildman–Crippen MR) is 43.3 cm³/mol. The van der Waals surface area contributed by atoms with E-state index in [1.807, 2.05) is 24.3 Å². The van der Waals surface area contributed by atoms with Crippen LogP contribution in [0.4, 0.5) is 0 Å². The fraction of sp³-hybridized carbons (Fsp3) is 0. The molecule has 11 heavy (non-hydrogen) atoms. The van der Waals surface area contributed by atoms with Crippen LogP contribution in [-0.4, -0.2) is 9.97 Å². The number of rotatable bonds is 0. The molecule has 1 heterocycles. The molecule has 0 spiro atoms. The van der Waals surface area contributed by atoms with Crippen molar-refractivity contribution < 1.29 is 19.5 Å². The first-order valence-corrected chi connectivity index (χ1v) is 3.45. The van der Waals surface area contributed by atoms with Gasteiger partial charge in [-0.25, -0.2) is 4.98 Å². The smallest absolute Gasteiger partial charge is 0.163 e. The normalized spacial score (nSPS) is 9.55. The third-order valence-electron chi connectivity index (χ3n) is 1.38. The van der Waals surface area contributed by atoms with Gasteiger partial charge in [0.15, 0.2) is 5.16 Å². The number of fused-ring (bicyclic) bond motifs is 1. The summed E-state index contributed by atoms with van der Waals surface area (Å²) in [4.78, 5) is 7.13. The molecule has 0 radical (unpaired) electrons. The molecule has 4 heteroatoms. The minimum Gasteiger partial charge on any atom is -0.333 e. The van der Waals surface area contributed by atoms with Crippen molar-refractivity contribution in [3.63, 3.8) is 0 Å². The van der Waals surface area contributed by atoms with E-state index < -0.39 is 0 Å². The van der Waals surface area contributed by atoms with Crippen LogP contribution in [0.1, 0.15) is 0 Å². The van der Waals surface area contributed by atoms with E-state index >= 15 is 0 Å². The summed E-state index contributed by atoms with van der Waals surface area (Å²) in [5.41, 5.74) is 2.00. The second kappa shape index (κ2) is 3.37. The zero-order valence-electron chi connectivity index (χ0n) is 5.91. The van der Waals surface area contributed by atoms with E-state index in [2.05, 4.69) is 22.6 Å². The molecule has 0 amide bonds. The average molecular weight is 216 g/mol. The second-order valence-corrected chi connectivity index (χ2v) is 2.50. The summed E-state index contributed by atoms with van der Waals surface area (Å²) in [5.74, 6) is 0. The van der Waals surface area contributed by atoms with Crippen molar-refractivity contribution in [1.82, 2.24) is 9.97 Å². The average Bonchev–Trinajstić information content (AvgIpc) is 2.27. The van der Waals surface area contributed by atoms with E-state index in [1.54, 1.807) is 0 Å². The fourth-order valence-electron chi connectivity index (χ4n) is 0.939. The molecule has 0 unspecified atom stereocenters. The van der Waals surface area contributed by atoms with Gasteiger partial charge in [-0.15, -0.1) is 12.6 Å². The predicted octanol–water partition coefficient (Wildman–Crippen LogP) is 1.85. The van der Waals surface area contributed by atoms with E-state index in [0.717, 1.165) is 11.0 Å². The largest absolute Gasteiger partial charge is 0.333 e. The minimum absolute atomic E-state index is 0. The van der Waals surface area contributed by atoms with Gasteiger partial charge in [0.05, 0.1) is 11.0 Å². The van der Waals surface area contributed by atoms with E-state index in [0.29, 0.717) is 5.16 Å². The van der Waals surface area contributed by atoms with Gasteiger partial charge in [-0.05, 0) is 12.1 Å². The fourth-order valence-corrected chi connectivity index (χ4v) is 1.17. The molecule has 0 aliphatic heterocycles. The standard InChI is InChI=1S/C7H6N2S.Zn/c10-7-8-5-3-1-2-4-6(5)9-7;/h1-4H,(H2,8,9,10);. The number of aromatic nitrogens is 2. The number of nitrogens with one attached hydrogen (secondary N) is 1. The van der Waals surface area contributed by atoms with Gasteiger partial charge >= 0.3 is 0 Å². The summed E-state index contributed by atoms with van der Waals surface area (Å²) in [6.07, 6.45) is 0. The number of benzene rings is 1. The van der Waals surface area contributed by atoms with E-state index in [4.69, 9.17) is 0 Å². The number of para-hydroxylation sites is 2. The van der Waals surface area contributed by atoms with Crippen LogP contribution in [0.3, 0.4) is 0 Å². The van der Waals surface area contributed by atoms with E-state index in [1.165, 1.54) is 0 Å². The Morgan fingerprint density at radius 1 is 1.27 bits per heavy atom. The van der Waals surface area contributed by atoms with Crippen LogP contribution in [0.2, 0.25) is 0 Å². The van der Waals surface area contributed by atoms with Gasteiger partial charge in [0.1, 0.15) is 0 Å². The molecule has 1 aromatic carbocycles. The number of hydrogen-bond acceptors (Lipinski definition) is 2. The zero-order valence-corrected chi connectivity index (χ0v) is 9.77.